The van der Waals surface area contributed by atoms with Crippen LogP contribution in [0.5, 0.6) is 0 Å². The van der Waals surface area contributed by atoms with Gasteiger partial charge in [0.25, 0.3) is 0 Å². The van der Waals surface area contributed by atoms with Gasteiger partial charge in [0, 0.05) is 61.6 Å². The Morgan fingerprint density at radius 3 is 2.61 bits per heavy atom. The third kappa shape index (κ3) is 6.97. The third-order valence-corrected chi connectivity index (χ3v) is 5.19. The van der Waals surface area contributed by atoms with Crippen LogP contribution in [0.25, 0.3) is 10.9 Å². The molecular weight excluding hydrogens is 418 g/mol. The van der Waals surface area contributed by atoms with Gasteiger partial charge in [-0.15, -0.1) is 0 Å². The van der Waals surface area contributed by atoms with Crippen LogP contribution in [0, 0.1) is 0 Å². The number of anilines is 1. The Labute approximate surface area is 187 Å². The number of halogens is 1. The third-order valence-electron chi connectivity index (χ3n) is 4.96. The minimum atomic E-state index is -0.581. The van der Waals surface area contributed by atoms with Crippen molar-refractivity contribution in [3.05, 3.63) is 35.5 Å². The summed E-state index contributed by atoms with van der Waals surface area (Å²) in [6.07, 6.45) is 1.20. The van der Waals surface area contributed by atoms with Crippen molar-refractivity contribution in [2.75, 3.05) is 51.1 Å². The number of carbonyl (C=O) groups is 2. The molecule has 31 heavy (non-hydrogen) atoms. The van der Waals surface area contributed by atoms with Gasteiger partial charge in [-0.3, -0.25) is 14.7 Å². The van der Waals surface area contributed by atoms with Gasteiger partial charge < -0.3 is 20.3 Å². The summed E-state index contributed by atoms with van der Waals surface area (Å²) in [5.41, 5.74) is 1.32. The van der Waals surface area contributed by atoms with Crippen LogP contribution in [0.3, 0.4) is 0 Å². The molecule has 0 radical (unpaired) electrons. The van der Waals surface area contributed by atoms with Crippen LogP contribution in [0.4, 0.5) is 10.5 Å². The second-order valence-electron chi connectivity index (χ2n) is 8.52. The zero-order chi connectivity index (χ0) is 22.4. The number of benzene rings is 1. The van der Waals surface area contributed by atoms with Crippen molar-refractivity contribution in [2.45, 2.75) is 26.4 Å². The number of fused-ring (bicyclic) bond motifs is 1. The van der Waals surface area contributed by atoms with E-state index in [9.17, 15) is 9.59 Å². The summed E-state index contributed by atoms with van der Waals surface area (Å²) >= 11 is 6.05. The first kappa shape index (κ1) is 23.1. The number of aromatic nitrogens is 1. The van der Waals surface area contributed by atoms with E-state index in [1.807, 2.05) is 24.3 Å². The van der Waals surface area contributed by atoms with E-state index in [-0.39, 0.29) is 12.5 Å². The maximum absolute atomic E-state index is 12.3. The Balaban J connectivity index is 1.39. The lowest BCUT2D eigenvalue weighted by Gasteiger charge is -2.34. The number of alkyl carbamates (subject to hydrolysis) is 1. The molecule has 168 valence electrons. The van der Waals surface area contributed by atoms with E-state index in [0.29, 0.717) is 18.1 Å². The second-order valence-corrected chi connectivity index (χ2v) is 8.96. The number of piperazine rings is 1. The molecule has 8 nitrogen and oxygen atoms in total. The maximum Gasteiger partial charge on any atom is 0.408 e. The van der Waals surface area contributed by atoms with Gasteiger partial charge in [-0.2, -0.15) is 0 Å². The molecule has 0 spiro atoms. The minimum Gasteiger partial charge on any atom is -0.444 e. The number of hydrogen-bond acceptors (Lipinski definition) is 6. The van der Waals surface area contributed by atoms with Crippen molar-refractivity contribution in [3.63, 3.8) is 0 Å². The lowest BCUT2D eigenvalue weighted by molar-refractivity contribution is -0.131. The number of pyridine rings is 1. The van der Waals surface area contributed by atoms with E-state index in [1.165, 1.54) is 0 Å². The van der Waals surface area contributed by atoms with E-state index in [4.69, 9.17) is 16.3 Å². The van der Waals surface area contributed by atoms with E-state index < -0.39 is 11.7 Å². The zero-order valence-corrected chi connectivity index (χ0v) is 19.0. The van der Waals surface area contributed by atoms with Crippen LogP contribution in [0.1, 0.15) is 20.8 Å². The van der Waals surface area contributed by atoms with Gasteiger partial charge in [0.1, 0.15) is 12.1 Å². The van der Waals surface area contributed by atoms with Crippen LogP contribution in [-0.2, 0) is 9.53 Å². The Hall–Kier alpha value is -2.58. The monoisotopic (exact) mass is 447 g/mol. The van der Waals surface area contributed by atoms with E-state index in [2.05, 4.69) is 20.5 Å². The first-order valence-corrected chi connectivity index (χ1v) is 10.8. The molecule has 2 amide bonds. The predicted molar refractivity (Wildman–Crippen MR) is 122 cm³/mol. The largest absolute Gasteiger partial charge is 0.444 e. The number of carbonyl (C=O) groups excluding carboxylic acids is 2. The molecule has 9 heteroatoms. The second kappa shape index (κ2) is 10.2. The molecule has 0 bridgehead atoms. The summed E-state index contributed by atoms with van der Waals surface area (Å²) in [6, 6.07) is 7.66. The molecule has 2 heterocycles. The highest BCUT2D eigenvalue weighted by Crippen LogP contribution is 2.24. The molecule has 1 aromatic heterocycles. The Bertz CT molecular complexity index is 923. The van der Waals surface area contributed by atoms with Gasteiger partial charge in [0.15, 0.2) is 0 Å². The standard InChI is InChI=1S/C22H30ClN5O3/c1-22(2,3)31-21(30)26-15-20(29)28-12-10-27(11-13-28)9-8-25-18-6-7-24-19-14-16(23)4-5-17(18)19/h4-7,14H,8-13,15H2,1-3H3,(H,24,25)(H,26,30). The highest BCUT2D eigenvalue weighted by atomic mass is 35.5. The molecule has 0 unspecified atom stereocenters. The molecule has 3 rings (SSSR count). The summed E-state index contributed by atoms with van der Waals surface area (Å²) in [5.74, 6) is -0.0921. The molecule has 2 N–H and O–H groups in total. The van der Waals surface area contributed by atoms with Crippen LogP contribution in [0.15, 0.2) is 30.5 Å². The van der Waals surface area contributed by atoms with Crippen molar-refractivity contribution in [3.8, 4) is 0 Å². The molecule has 1 aliphatic rings. The average Bonchev–Trinajstić information content (AvgIpc) is 2.71. The van der Waals surface area contributed by atoms with E-state index in [1.54, 1.807) is 31.9 Å². The van der Waals surface area contributed by atoms with Gasteiger partial charge in [0.05, 0.1) is 5.52 Å². The van der Waals surface area contributed by atoms with Gasteiger partial charge in [-0.1, -0.05) is 11.6 Å². The number of nitrogens with one attached hydrogen (secondary N) is 2. The summed E-state index contributed by atoms with van der Waals surface area (Å²) in [6.45, 7) is 9.86. The quantitative estimate of drug-likeness (QED) is 0.708. The van der Waals surface area contributed by atoms with Crippen LogP contribution >= 0.6 is 11.6 Å². The first-order valence-electron chi connectivity index (χ1n) is 10.5. The number of amides is 2. The van der Waals surface area contributed by atoms with Crippen molar-refractivity contribution < 1.29 is 14.3 Å². The lowest BCUT2D eigenvalue weighted by atomic mass is 10.2. The average molecular weight is 448 g/mol. The Kier molecular flexibility index (Phi) is 7.56. The van der Waals surface area contributed by atoms with Gasteiger partial charge in [-0.25, -0.2) is 4.79 Å². The fourth-order valence-electron chi connectivity index (χ4n) is 3.42. The summed E-state index contributed by atoms with van der Waals surface area (Å²) in [7, 11) is 0. The number of hydrogen-bond donors (Lipinski definition) is 2. The number of nitrogens with zero attached hydrogens (tertiary/aromatic N) is 3. The summed E-state index contributed by atoms with van der Waals surface area (Å²) < 4.78 is 5.16. The predicted octanol–water partition coefficient (Wildman–Crippen LogP) is 2.97. The van der Waals surface area contributed by atoms with Crippen molar-refractivity contribution in [2.24, 2.45) is 0 Å². The highest BCUT2D eigenvalue weighted by molar-refractivity contribution is 6.31. The van der Waals surface area contributed by atoms with Crippen LogP contribution in [-0.4, -0.2) is 78.2 Å². The van der Waals surface area contributed by atoms with Crippen molar-refractivity contribution in [1.82, 2.24) is 20.1 Å². The Morgan fingerprint density at radius 2 is 1.90 bits per heavy atom. The molecular formula is C22H30ClN5O3. The molecule has 1 aromatic carbocycles. The molecule has 0 atom stereocenters. The number of ether oxygens (including phenoxy) is 1. The molecule has 2 aromatic rings. The molecule has 0 saturated carbocycles. The zero-order valence-electron chi connectivity index (χ0n) is 18.3. The molecule has 1 saturated heterocycles. The summed E-state index contributed by atoms with van der Waals surface area (Å²) in [4.78, 5) is 32.5. The maximum atomic E-state index is 12.3. The smallest absolute Gasteiger partial charge is 0.408 e. The van der Waals surface area contributed by atoms with Gasteiger partial charge in [0.2, 0.25) is 5.91 Å². The highest BCUT2D eigenvalue weighted by Gasteiger charge is 2.22. The summed E-state index contributed by atoms with van der Waals surface area (Å²) in [5, 5.41) is 7.72. The molecule has 0 aliphatic carbocycles. The van der Waals surface area contributed by atoms with Gasteiger partial charge in [-0.05, 0) is 45.0 Å². The fraction of sp³-hybridized carbons (Fsp3) is 0.500. The van der Waals surface area contributed by atoms with Crippen molar-refractivity contribution in [1.29, 1.82) is 0 Å². The van der Waals surface area contributed by atoms with Crippen molar-refractivity contribution >= 4 is 40.2 Å². The SMILES string of the molecule is CC(C)(C)OC(=O)NCC(=O)N1CCN(CCNc2ccnc3cc(Cl)ccc23)CC1. The Morgan fingerprint density at radius 1 is 1.16 bits per heavy atom. The lowest BCUT2D eigenvalue weighted by Crippen LogP contribution is -2.52. The first-order chi connectivity index (χ1) is 14.7. The normalized spacial score (nSPS) is 15.0. The van der Waals surface area contributed by atoms with Crippen LogP contribution in [0.2, 0.25) is 5.02 Å². The van der Waals surface area contributed by atoms with Crippen LogP contribution < -0.4 is 10.6 Å². The minimum absolute atomic E-state index is 0.0460. The number of rotatable bonds is 6. The molecule has 1 aliphatic heterocycles. The fourth-order valence-corrected chi connectivity index (χ4v) is 3.59. The van der Waals surface area contributed by atoms with Gasteiger partial charge >= 0.3 is 6.09 Å². The van der Waals surface area contributed by atoms with E-state index >= 15 is 0 Å². The van der Waals surface area contributed by atoms with E-state index in [0.717, 1.165) is 42.8 Å². The topological polar surface area (TPSA) is 86.8 Å². The molecule has 1 fully saturated rings.